The molecular formula is C20H16Cl3N3O. The van der Waals surface area contributed by atoms with Gasteiger partial charge in [0, 0.05) is 27.7 Å². The molecule has 0 aliphatic carbocycles. The van der Waals surface area contributed by atoms with Crippen LogP contribution in [0, 0.1) is 13.8 Å². The van der Waals surface area contributed by atoms with Crippen LogP contribution in [-0.2, 0) is 0 Å². The van der Waals surface area contributed by atoms with E-state index in [-0.39, 0.29) is 0 Å². The molecule has 2 aromatic carbocycles. The van der Waals surface area contributed by atoms with Crippen LogP contribution in [0.15, 0.2) is 53.6 Å². The number of amides is 1. The number of benzene rings is 2. The fourth-order valence-corrected chi connectivity index (χ4v) is 3.45. The Balaban J connectivity index is 1.76. The number of aryl methyl sites for hydroxylation is 2. The van der Waals surface area contributed by atoms with E-state index >= 15 is 0 Å². The monoisotopic (exact) mass is 419 g/mol. The zero-order valence-electron chi connectivity index (χ0n) is 14.6. The van der Waals surface area contributed by atoms with Crippen molar-refractivity contribution in [2.24, 2.45) is 5.10 Å². The Labute approximate surface area is 172 Å². The summed E-state index contributed by atoms with van der Waals surface area (Å²) in [5, 5.41) is 5.25. The zero-order valence-corrected chi connectivity index (χ0v) is 16.9. The highest BCUT2D eigenvalue weighted by Crippen LogP contribution is 2.23. The molecule has 0 saturated heterocycles. The SMILES string of the molecule is Cc1ccc(C)n1-c1ccc(C(=O)N/N=C\c2ccc(Cl)cc2Cl)c(Cl)c1. The maximum atomic E-state index is 12.4. The predicted octanol–water partition coefficient (Wildman–Crippen LogP) is 5.82. The van der Waals surface area contributed by atoms with Crippen molar-refractivity contribution in [1.82, 2.24) is 9.99 Å². The van der Waals surface area contributed by atoms with Crippen LogP contribution < -0.4 is 5.43 Å². The van der Waals surface area contributed by atoms with E-state index in [2.05, 4.69) is 15.1 Å². The summed E-state index contributed by atoms with van der Waals surface area (Å²) in [4.78, 5) is 12.4. The molecule has 0 aliphatic heterocycles. The zero-order chi connectivity index (χ0) is 19.6. The van der Waals surface area contributed by atoms with E-state index in [1.54, 1.807) is 30.3 Å². The van der Waals surface area contributed by atoms with E-state index in [1.807, 2.05) is 32.0 Å². The van der Waals surface area contributed by atoms with Gasteiger partial charge in [-0.05, 0) is 56.3 Å². The number of nitrogens with zero attached hydrogens (tertiary/aromatic N) is 2. The van der Waals surface area contributed by atoms with Gasteiger partial charge in [0.05, 0.1) is 21.8 Å². The Kier molecular flexibility index (Phi) is 5.90. The molecule has 4 nitrogen and oxygen atoms in total. The van der Waals surface area contributed by atoms with Gasteiger partial charge in [-0.25, -0.2) is 5.43 Å². The second kappa shape index (κ2) is 8.17. The van der Waals surface area contributed by atoms with E-state index in [4.69, 9.17) is 34.8 Å². The van der Waals surface area contributed by atoms with Crippen LogP contribution in [-0.4, -0.2) is 16.7 Å². The van der Waals surface area contributed by atoms with Gasteiger partial charge in [0.25, 0.3) is 5.91 Å². The summed E-state index contributed by atoms with van der Waals surface area (Å²) in [7, 11) is 0. The first-order valence-corrected chi connectivity index (χ1v) is 9.23. The summed E-state index contributed by atoms with van der Waals surface area (Å²) in [6, 6.07) is 14.3. The van der Waals surface area contributed by atoms with Crippen LogP contribution >= 0.6 is 34.8 Å². The quantitative estimate of drug-likeness (QED) is 0.419. The summed E-state index contributed by atoms with van der Waals surface area (Å²) in [6.45, 7) is 4.02. The number of halogens is 3. The lowest BCUT2D eigenvalue weighted by molar-refractivity contribution is 0.0955. The van der Waals surface area contributed by atoms with Crippen LogP contribution in [0.4, 0.5) is 0 Å². The summed E-state index contributed by atoms with van der Waals surface area (Å²) in [5.41, 5.74) is 6.50. The average molecular weight is 421 g/mol. The average Bonchev–Trinajstić information content (AvgIpc) is 2.95. The Morgan fingerprint density at radius 3 is 2.30 bits per heavy atom. The topological polar surface area (TPSA) is 46.4 Å². The van der Waals surface area contributed by atoms with E-state index in [0.29, 0.717) is 26.2 Å². The van der Waals surface area contributed by atoms with Gasteiger partial charge >= 0.3 is 0 Å². The van der Waals surface area contributed by atoms with Gasteiger partial charge in [-0.15, -0.1) is 0 Å². The molecule has 0 radical (unpaired) electrons. The number of nitrogens with one attached hydrogen (secondary N) is 1. The smallest absolute Gasteiger partial charge is 0.272 e. The lowest BCUT2D eigenvalue weighted by Crippen LogP contribution is -2.18. The molecule has 0 aliphatic rings. The number of hydrogen-bond donors (Lipinski definition) is 1. The third kappa shape index (κ3) is 4.35. The summed E-state index contributed by atoms with van der Waals surface area (Å²) < 4.78 is 2.06. The Morgan fingerprint density at radius 2 is 1.67 bits per heavy atom. The minimum absolute atomic E-state index is 0.335. The van der Waals surface area contributed by atoms with Gasteiger partial charge in [0.15, 0.2) is 0 Å². The predicted molar refractivity (Wildman–Crippen MR) is 112 cm³/mol. The molecule has 27 heavy (non-hydrogen) atoms. The molecule has 0 atom stereocenters. The van der Waals surface area contributed by atoms with Crippen molar-refractivity contribution in [2.75, 3.05) is 0 Å². The molecule has 138 valence electrons. The number of aromatic nitrogens is 1. The van der Waals surface area contributed by atoms with E-state index in [0.717, 1.165) is 17.1 Å². The minimum Gasteiger partial charge on any atom is -0.318 e. The van der Waals surface area contributed by atoms with Crippen LogP contribution in [0.2, 0.25) is 15.1 Å². The number of hydrazone groups is 1. The largest absolute Gasteiger partial charge is 0.318 e. The van der Waals surface area contributed by atoms with Crippen molar-refractivity contribution in [1.29, 1.82) is 0 Å². The van der Waals surface area contributed by atoms with Crippen molar-refractivity contribution in [2.45, 2.75) is 13.8 Å². The van der Waals surface area contributed by atoms with Crippen LogP contribution in [0.25, 0.3) is 5.69 Å². The molecule has 0 spiro atoms. The van der Waals surface area contributed by atoms with Crippen LogP contribution in [0.5, 0.6) is 0 Å². The highest BCUT2D eigenvalue weighted by molar-refractivity contribution is 6.36. The molecule has 1 heterocycles. The molecule has 0 fully saturated rings. The van der Waals surface area contributed by atoms with Gasteiger partial charge in [-0.2, -0.15) is 5.10 Å². The van der Waals surface area contributed by atoms with Crippen molar-refractivity contribution in [3.05, 3.63) is 86.1 Å². The number of carbonyl (C=O) groups excluding carboxylic acids is 1. The molecule has 1 N–H and O–H groups in total. The number of hydrogen-bond acceptors (Lipinski definition) is 2. The molecule has 1 aromatic heterocycles. The van der Waals surface area contributed by atoms with Crippen molar-refractivity contribution in [3.8, 4) is 5.69 Å². The number of rotatable bonds is 4. The summed E-state index contributed by atoms with van der Waals surface area (Å²) >= 11 is 18.2. The van der Waals surface area contributed by atoms with Gasteiger partial charge < -0.3 is 4.57 Å². The maximum absolute atomic E-state index is 12.4. The van der Waals surface area contributed by atoms with E-state index < -0.39 is 5.91 Å². The lowest BCUT2D eigenvalue weighted by Gasteiger charge is -2.11. The van der Waals surface area contributed by atoms with Crippen molar-refractivity contribution in [3.63, 3.8) is 0 Å². The molecule has 1 amide bonds. The Bertz CT molecular complexity index is 1020. The van der Waals surface area contributed by atoms with Gasteiger partial charge in [0.1, 0.15) is 0 Å². The highest BCUT2D eigenvalue weighted by atomic mass is 35.5. The van der Waals surface area contributed by atoms with E-state index in [9.17, 15) is 4.79 Å². The molecule has 0 saturated carbocycles. The van der Waals surface area contributed by atoms with Crippen molar-refractivity contribution >= 4 is 46.9 Å². The van der Waals surface area contributed by atoms with Gasteiger partial charge in [-0.1, -0.05) is 40.9 Å². The van der Waals surface area contributed by atoms with Crippen LogP contribution in [0.3, 0.4) is 0 Å². The first-order chi connectivity index (χ1) is 12.9. The van der Waals surface area contributed by atoms with Crippen molar-refractivity contribution < 1.29 is 4.79 Å². The molecule has 3 rings (SSSR count). The van der Waals surface area contributed by atoms with E-state index in [1.165, 1.54) is 6.21 Å². The maximum Gasteiger partial charge on any atom is 0.272 e. The normalized spacial score (nSPS) is 11.1. The molecular weight excluding hydrogens is 405 g/mol. The minimum atomic E-state index is -0.408. The number of carbonyl (C=O) groups is 1. The first kappa shape index (κ1) is 19.5. The molecule has 0 unspecified atom stereocenters. The Hall–Kier alpha value is -2.27. The molecule has 7 heteroatoms. The highest BCUT2D eigenvalue weighted by Gasteiger charge is 2.12. The van der Waals surface area contributed by atoms with Gasteiger partial charge in [0.2, 0.25) is 0 Å². The first-order valence-electron chi connectivity index (χ1n) is 8.10. The van der Waals surface area contributed by atoms with Crippen LogP contribution in [0.1, 0.15) is 27.3 Å². The standard InChI is InChI=1S/C20H16Cl3N3O/c1-12-3-4-13(2)26(12)16-7-8-17(19(23)10-16)20(27)25-24-11-14-5-6-15(21)9-18(14)22/h3-11H,1-2H3,(H,25,27)/b24-11-. The Morgan fingerprint density at radius 1 is 0.963 bits per heavy atom. The fourth-order valence-electron chi connectivity index (χ4n) is 2.73. The summed E-state index contributed by atoms with van der Waals surface area (Å²) in [6.07, 6.45) is 1.45. The molecule has 0 bridgehead atoms. The second-order valence-electron chi connectivity index (χ2n) is 5.98. The lowest BCUT2D eigenvalue weighted by atomic mass is 10.2. The summed E-state index contributed by atoms with van der Waals surface area (Å²) in [5.74, 6) is -0.408. The second-order valence-corrected chi connectivity index (χ2v) is 7.23. The fraction of sp³-hybridized carbons (Fsp3) is 0.100. The third-order valence-electron chi connectivity index (χ3n) is 4.06. The van der Waals surface area contributed by atoms with Gasteiger partial charge in [-0.3, -0.25) is 4.79 Å². The third-order valence-corrected chi connectivity index (χ3v) is 4.93. The molecule has 3 aromatic rings.